The first-order valence-electron chi connectivity index (χ1n) is 5.23. The first-order valence-corrected chi connectivity index (χ1v) is 5.23. The number of carbonyl (C=O) groups excluding carboxylic acids is 1. The molecule has 0 aliphatic carbocycles. The maximum atomic E-state index is 11.8. The summed E-state index contributed by atoms with van der Waals surface area (Å²) in [7, 11) is 3.22. The van der Waals surface area contributed by atoms with Crippen LogP contribution < -0.4 is 5.73 Å². The van der Waals surface area contributed by atoms with Gasteiger partial charge in [0, 0.05) is 38.7 Å². The normalized spacial score (nSPS) is 13.9. The molecule has 0 aromatic carbocycles. The van der Waals surface area contributed by atoms with Gasteiger partial charge in [0.25, 0.3) is 0 Å². The van der Waals surface area contributed by atoms with E-state index in [0.717, 1.165) is 0 Å². The van der Waals surface area contributed by atoms with Crippen LogP contribution >= 0.6 is 0 Å². The van der Waals surface area contributed by atoms with Crippen molar-refractivity contribution in [2.24, 2.45) is 11.1 Å². The Hall–Kier alpha value is -0.450. The number of rotatable bonds is 8. The fraction of sp³-hybridized carbons (Fsp3) is 0.909. The lowest BCUT2D eigenvalue weighted by molar-refractivity contribution is -0.129. The molecule has 0 aliphatic heterocycles. The summed E-state index contributed by atoms with van der Waals surface area (Å²) in [4.78, 5) is 11.8. The molecule has 0 bridgehead atoms. The van der Waals surface area contributed by atoms with Gasteiger partial charge in [-0.3, -0.25) is 4.79 Å². The maximum absolute atomic E-state index is 11.8. The molecule has 0 saturated heterocycles. The number of Topliss-reactive ketones (excluding diaryl/α,β-unsaturated/α-hetero) is 1. The van der Waals surface area contributed by atoms with Gasteiger partial charge in [0.2, 0.25) is 0 Å². The quantitative estimate of drug-likeness (QED) is 0.658. The monoisotopic (exact) mass is 217 g/mol. The molecule has 0 fully saturated rings. The lowest BCUT2D eigenvalue weighted by Gasteiger charge is -2.30. The van der Waals surface area contributed by atoms with Gasteiger partial charge < -0.3 is 15.2 Å². The number of nitrogens with two attached hydrogens (primary N) is 1. The number of ether oxygens (including phenoxy) is 2. The van der Waals surface area contributed by atoms with E-state index in [-0.39, 0.29) is 11.8 Å². The second-order valence-corrected chi connectivity index (χ2v) is 4.28. The third-order valence-corrected chi connectivity index (χ3v) is 2.81. The van der Waals surface area contributed by atoms with Gasteiger partial charge in [-0.25, -0.2) is 0 Å². The van der Waals surface area contributed by atoms with Crippen molar-refractivity contribution in [1.82, 2.24) is 0 Å². The average Bonchev–Trinajstić information content (AvgIpc) is 2.21. The molecule has 0 saturated carbocycles. The number of hydrogen-bond donors (Lipinski definition) is 1. The largest absolute Gasteiger partial charge is 0.385 e. The third kappa shape index (κ3) is 4.73. The minimum Gasteiger partial charge on any atom is -0.385 e. The van der Waals surface area contributed by atoms with Gasteiger partial charge in [0.15, 0.2) is 0 Å². The Morgan fingerprint density at radius 1 is 1.27 bits per heavy atom. The average molecular weight is 217 g/mol. The van der Waals surface area contributed by atoms with Crippen molar-refractivity contribution in [2.45, 2.75) is 32.7 Å². The van der Waals surface area contributed by atoms with Gasteiger partial charge in [0.1, 0.15) is 5.78 Å². The molecule has 0 amide bonds. The smallest absolute Gasteiger partial charge is 0.142 e. The molecule has 2 N–H and O–H groups in total. The summed E-state index contributed by atoms with van der Waals surface area (Å²) < 4.78 is 9.83. The fourth-order valence-electron chi connectivity index (χ4n) is 1.33. The lowest BCUT2D eigenvalue weighted by Crippen LogP contribution is -2.44. The van der Waals surface area contributed by atoms with Crippen molar-refractivity contribution >= 4 is 5.78 Å². The van der Waals surface area contributed by atoms with E-state index in [1.807, 2.05) is 13.8 Å². The van der Waals surface area contributed by atoms with Gasteiger partial charge in [0.05, 0.1) is 6.61 Å². The van der Waals surface area contributed by atoms with Crippen LogP contribution in [0.4, 0.5) is 0 Å². The molecule has 0 spiro atoms. The SMILES string of the molecule is COCCC(=O)C(C)(C)C(N)CCOC. The van der Waals surface area contributed by atoms with Crippen molar-refractivity contribution < 1.29 is 14.3 Å². The Morgan fingerprint density at radius 3 is 2.27 bits per heavy atom. The Morgan fingerprint density at radius 2 is 1.80 bits per heavy atom. The molecule has 4 heteroatoms. The standard InChI is InChI=1S/C11H23NO3/c1-11(2,9(12)5-7-14-3)10(13)6-8-15-4/h9H,5-8,12H2,1-4H3. The maximum Gasteiger partial charge on any atom is 0.142 e. The van der Waals surface area contributed by atoms with Crippen LogP contribution in [0.5, 0.6) is 0 Å². The summed E-state index contributed by atoms with van der Waals surface area (Å²) in [5.41, 5.74) is 5.47. The van der Waals surface area contributed by atoms with Crippen LogP contribution in [-0.2, 0) is 14.3 Å². The number of methoxy groups -OCH3 is 2. The van der Waals surface area contributed by atoms with Gasteiger partial charge in [-0.05, 0) is 6.42 Å². The lowest BCUT2D eigenvalue weighted by atomic mass is 9.78. The highest BCUT2D eigenvalue weighted by atomic mass is 16.5. The predicted octanol–water partition coefficient (Wildman–Crippen LogP) is 0.982. The molecule has 15 heavy (non-hydrogen) atoms. The van der Waals surface area contributed by atoms with Crippen LogP contribution in [0.15, 0.2) is 0 Å². The number of hydrogen-bond acceptors (Lipinski definition) is 4. The Balaban J connectivity index is 4.17. The highest BCUT2D eigenvalue weighted by molar-refractivity contribution is 5.84. The van der Waals surface area contributed by atoms with Crippen LogP contribution in [0.2, 0.25) is 0 Å². The zero-order chi connectivity index (χ0) is 11.9. The topological polar surface area (TPSA) is 61.5 Å². The molecule has 0 heterocycles. The molecular weight excluding hydrogens is 194 g/mol. The molecule has 0 aromatic rings. The van der Waals surface area contributed by atoms with Crippen molar-refractivity contribution in [3.8, 4) is 0 Å². The molecule has 0 aromatic heterocycles. The second kappa shape index (κ2) is 6.93. The van der Waals surface area contributed by atoms with Crippen molar-refractivity contribution in [1.29, 1.82) is 0 Å². The van der Waals surface area contributed by atoms with E-state index in [1.165, 1.54) is 0 Å². The Kier molecular flexibility index (Phi) is 6.72. The van der Waals surface area contributed by atoms with Gasteiger partial charge in [-0.15, -0.1) is 0 Å². The van der Waals surface area contributed by atoms with Gasteiger partial charge in [-0.1, -0.05) is 13.8 Å². The van der Waals surface area contributed by atoms with Crippen LogP contribution in [0.25, 0.3) is 0 Å². The van der Waals surface area contributed by atoms with E-state index in [9.17, 15) is 4.79 Å². The summed E-state index contributed by atoms with van der Waals surface area (Å²) in [6.07, 6.45) is 1.12. The van der Waals surface area contributed by atoms with E-state index < -0.39 is 5.41 Å². The summed E-state index contributed by atoms with van der Waals surface area (Å²) in [6.45, 7) is 4.80. The first kappa shape index (κ1) is 14.6. The Labute approximate surface area is 92.1 Å². The van der Waals surface area contributed by atoms with Gasteiger partial charge >= 0.3 is 0 Å². The molecule has 0 rings (SSSR count). The third-order valence-electron chi connectivity index (χ3n) is 2.81. The van der Waals surface area contributed by atoms with Crippen molar-refractivity contribution in [2.75, 3.05) is 27.4 Å². The Bertz CT molecular complexity index is 192. The highest BCUT2D eigenvalue weighted by Crippen LogP contribution is 2.24. The predicted molar refractivity (Wildman–Crippen MR) is 59.7 cm³/mol. The minimum atomic E-state index is -0.503. The molecule has 0 aliphatic rings. The van der Waals surface area contributed by atoms with Crippen molar-refractivity contribution in [3.05, 3.63) is 0 Å². The molecule has 0 radical (unpaired) electrons. The first-order chi connectivity index (χ1) is 6.96. The summed E-state index contributed by atoms with van der Waals surface area (Å²) in [5, 5.41) is 0. The van der Waals surface area contributed by atoms with Gasteiger partial charge in [-0.2, -0.15) is 0 Å². The number of ketones is 1. The summed E-state index contributed by atoms with van der Waals surface area (Å²) in [6, 6.07) is -0.165. The van der Waals surface area contributed by atoms with E-state index in [2.05, 4.69) is 0 Å². The van der Waals surface area contributed by atoms with E-state index in [4.69, 9.17) is 15.2 Å². The molecular formula is C11H23NO3. The fourth-order valence-corrected chi connectivity index (χ4v) is 1.33. The van der Waals surface area contributed by atoms with E-state index in [0.29, 0.717) is 26.1 Å². The second-order valence-electron chi connectivity index (χ2n) is 4.28. The van der Waals surface area contributed by atoms with E-state index >= 15 is 0 Å². The molecule has 4 nitrogen and oxygen atoms in total. The highest BCUT2D eigenvalue weighted by Gasteiger charge is 2.33. The zero-order valence-corrected chi connectivity index (χ0v) is 10.2. The zero-order valence-electron chi connectivity index (χ0n) is 10.2. The summed E-state index contributed by atoms with van der Waals surface area (Å²) in [5.74, 6) is 0.146. The van der Waals surface area contributed by atoms with Crippen LogP contribution in [0, 0.1) is 5.41 Å². The van der Waals surface area contributed by atoms with Crippen molar-refractivity contribution in [3.63, 3.8) is 0 Å². The summed E-state index contributed by atoms with van der Waals surface area (Å²) >= 11 is 0. The molecule has 1 atom stereocenters. The number of carbonyl (C=O) groups is 1. The van der Waals surface area contributed by atoms with Crippen LogP contribution in [0.3, 0.4) is 0 Å². The van der Waals surface area contributed by atoms with Crippen LogP contribution in [-0.4, -0.2) is 39.3 Å². The minimum absolute atomic E-state index is 0.146. The molecule has 90 valence electrons. The van der Waals surface area contributed by atoms with Crippen LogP contribution in [0.1, 0.15) is 26.7 Å². The molecule has 1 unspecified atom stereocenters. The van der Waals surface area contributed by atoms with E-state index in [1.54, 1.807) is 14.2 Å².